The zero-order chi connectivity index (χ0) is 18.6. The summed E-state index contributed by atoms with van der Waals surface area (Å²) in [5.74, 6) is 0.250. The molecule has 0 saturated carbocycles. The van der Waals surface area contributed by atoms with Crippen molar-refractivity contribution in [1.82, 2.24) is 10.2 Å². The van der Waals surface area contributed by atoms with Crippen molar-refractivity contribution in [1.29, 1.82) is 0 Å². The van der Waals surface area contributed by atoms with E-state index < -0.39 is 0 Å². The molecule has 0 unspecified atom stereocenters. The number of hydrogen-bond acceptors (Lipinski definition) is 3. The first-order valence-electron chi connectivity index (χ1n) is 9.21. The minimum Gasteiger partial charge on any atom is -0.342 e. The largest absolute Gasteiger partial charge is 0.342 e. The van der Waals surface area contributed by atoms with E-state index in [1.165, 1.54) is 0 Å². The number of carbonyl (C=O) groups is 2. The molecule has 1 aromatic rings. The predicted octanol–water partition coefficient (Wildman–Crippen LogP) is 2.87. The van der Waals surface area contributed by atoms with Gasteiger partial charge in [0.1, 0.15) is 0 Å². The van der Waals surface area contributed by atoms with Crippen LogP contribution in [0.15, 0.2) is 18.2 Å². The first-order chi connectivity index (χ1) is 11.8. The number of benzene rings is 1. The number of anilines is 1. The lowest BCUT2D eigenvalue weighted by Gasteiger charge is -2.34. The molecule has 0 aromatic heterocycles. The van der Waals surface area contributed by atoms with Gasteiger partial charge in [-0.25, -0.2) is 0 Å². The molecule has 0 bridgehead atoms. The monoisotopic (exact) mass is 345 g/mol. The molecule has 1 saturated heterocycles. The number of amides is 2. The van der Waals surface area contributed by atoms with Gasteiger partial charge in [0, 0.05) is 30.7 Å². The third-order valence-electron chi connectivity index (χ3n) is 4.83. The van der Waals surface area contributed by atoms with Crippen molar-refractivity contribution in [3.05, 3.63) is 29.3 Å². The fraction of sp³-hybridized carbons (Fsp3) is 0.600. The van der Waals surface area contributed by atoms with Gasteiger partial charge in [0.15, 0.2) is 0 Å². The summed E-state index contributed by atoms with van der Waals surface area (Å²) in [6, 6.07) is 6.06. The van der Waals surface area contributed by atoms with Crippen LogP contribution in [0.25, 0.3) is 0 Å². The van der Waals surface area contributed by atoms with Crippen LogP contribution in [0.3, 0.4) is 0 Å². The Kier molecular flexibility index (Phi) is 6.59. The van der Waals surface area contributed by atoms with Crippen LogP contribution in [-0.4, -0.2) is 41.9 Å². The Balaban J connectivity index is 1.84. The van der Waals surface area contributed by atoms with Crippen molar-refractivity contribution in [2.45, 2.75) is 59.5 Å². The maximum atomic E-state index is 12.5. The third-order valence-corrected chi connectivity index (χ3v) is 4.83. The van der Waals surface area contributed by atoms with Crippen LogP contribution in [0.2, 0.25) is 0 Å². The van der Waals surface area contributed by atoms with Crippen LogP contribution in [0, 0.1) is 19.8 Å². The molecular formula is C20H31N3O2. The van der Waals surface area contributed by atoms with Gasteiger partial charge in [-0.2, -0.15) is 0 Å². The molecular weight excluding hydrogens is 314 g/mol. The highest BCUT2D eigenvalue weighted by molar-refractivity contribution is 5.95. The highest BCUT2D eigenvalue weighted by atomic mass is 16.2. The standard InChI is InChI=1S/C20H31N3O2/c1-13(2)20(25)23-10-8-17(9-11-23)21-16(5)19(24)22-18-12-14(3)6-7-15(18)4/h6-7,12-13,16-17,21H,8-11H2,1-5H3,(H,22,24)/t16-/m1/s1. The topological polar surface area (TPSA) is 61.4 Å². The second-order valence-corrected chi connectivity index (χ2v) is 7.45. The summed E-state index contributed by atoms with van der Waals surface area (Å²) in [5.41, 5.74) is 3.06. The molecule has 5 heteroatoms. The van der Waals surface area contributed by atoms with Gasteiger partial charge in [-0.1, -0.05) is 26.0 Å². The maximum absolute atomic E-state index is 12.5. The molecule has 2 N–H and O–H groups in total. The Morgan fingerprint density at radius 3 is 2.36 bits per heavy atom. The van der Waals surface area contributed by atoms with Gasteiger partial charge in [-0.3, -0.25) is 9.59 Å². The molecule has 2 rings (SSSR count). The third kappa shape index (κ3) is 5.30. The Morgan fingerprint density at radius 2 is 1.76 bits per heavy atom. The maximum Gasteiger partial charge on any atom is 0.241 e. The van der Waals surface area contributed by atoms with Crippen molar-refractivity contribution in [3.63, 3.8) is 0 Å². The van der Waals surface area contributed by atoms with Crippen molar-refractivity contribution in [2.24, 2.45) is 5.92 Å². The molecule has 0 spiro atoms. The van der Waals surface area contributed by atoms with Crippen molar-refractivity contribution in [2.75, 3.05) is 18.4 Å². The van der Waals surface area contributed by atoms with E-state index in [9.17, 15) is 9.59 Å². The van der Waals surface area contributed by atoms with Crippen LogP contribution >= 0.6 is 0 Å². The van der Waals surface area contributed by atoms with Gasteiger partial charge < -0.3 is 15.5 Å². The minimum atomic E-state index is -0.266. The summed E-state index contributed by atoms with van der Waals surface area (Å²) in [5, 5.41) is 6.43. The van der Waals surface area contributed by atoms with Crippen LogP contribution in [0.5, 0.6) is 0 Å². The fourth-order valence-electron chi connectivity index (χ4n) is 3.17. The summed E-state index contributed by atoms with van der Waals surface area (Å²) in [4.78, 5) is 26.4. The van der Waals surface area contributed by atoms with Gasteiger partial charge in [0.25, 0.3) is 0 Å². The first-order valence-corrected chi connectivity index (χ1v) is 9.21. The van der Waals surface area contributed by atoms with Crippen molar-refractivity contribution in [3.8, 4) is 0 Å². The summed E-state index contributed by atoms with van der Waals surface area (Å²) in [6.07, 6.45) is 1.78. The van der Waals surface area contributed by atoms with Crippen molar-refractivity contribution >= 4 is 17.5 Å². The Bertz CT molecular complexity index is 619. The van der Waals surface area contributed by atoms with Gasteiger partial charge in [0.05, 0.1) is 6.04 Å². The molecule has 1 aromatic carbocycles. The van der Waals surface area contributed by atoms with E-state index in [1.54, 1.807) is 0 Å². The molecule has 1 heterocycles. The number of nitrogens with zero attached hydrogens (tertiary/aromatic N) is 1. The average molecular weight is 345 g/mol. The normalized spacial score (nSPS) is 16.8. The molecule has 5 nitrogen and oxygen atoms in total. The molecule has 2 amide bonds. The van der Waals surface area contributed by atoms with E-state index in [-0.39, 0.29) is 29.8 Å². The Morgan fingerprint density at radius 1 is 1.12 bits per heavy atom. The van der Waals surface area contributed by atoms with E-state index in [0.717, 1.165) is 42.7 Å². The van der Waals surface area contributed by atoms with Crippen LogP contribution in [0.4, 0.5) is 5.69 Å². The lowest BCUT2D eigenvalue weighted by atomic mass is 10.0. The van der Waals surface area contributed by atoms with E-state index in [1.807, 2.05) is 57.7 Å². The minimum absolute atomic E-state index is 0.0191. The van der Waals surface area contributed by atoms with Gasteiger partial charge in [-0.05, 0) is 50.8 Å². The highest BCUT2D eigenvalue weighted by Gasteiger charge is 2.26. The number of rotatable bonds is 5. The van der Waals surface area contributed by atoms with Gasteiger partial charge in [-0.15, -0.1) is 0 Å². The number of nitrogens with one attached hydrogen (secondary N) is 2. The Hall–Kier alpha value is -1.88. The van der Waals surface area contributed by atoms with Gasteiger partial charge >= 0.3 is 0 Å². The first kappa shape index (κ1) is 19.4. The van der Waals surface area contributed by atoms with Gasteiger partial charge in [0.2, 0.25) is 11.8 Å². The lowest BCUT2D eigenvalue weighted by molar-refractivity contribution is -0.135. The van der Waals surface area contributed by atoms with E-state index in [2.05, 4.69) is 10.6 Å². The second kappa shape index (κ2) is 8.48. The van der Waals surface area contributed by atoms with E-state index in [4.69, 9.17) is 0 Å². The summed E-state index contributed by atoms with van der Waals surface area (Å²) in [7, 11) is 0. The Labute approximate surface area is 151 Å². The fourth-order valence-corrected chi connectivity index (χ4v) is 3.17. The molecule has 138 valence electrons. The highest BCUT2D eigenvalue weighted by Crippen LogP contribution is 2.17. The summed E-state index contributed by atoms with van der Waals surface area (Å²) >= 11 is 0. The number of piperidine rings is 1. The smallest absolute Gasteiger partial charge is 0.241 e. The number of hydrogen-bond donors (Lipinski definition) is 2. The SMILES string of the molecule is Cc1ccc(C)c(NC(=O)[C@@H](C)NC2CCN(C(=O)C(C)C)CC2)c1. The summed E-state index contributed by atoms with van der Waals surface area (Å²) < 4.78 is 0. The van der Waals surface area contributed by atoms with Crippen LogP contribution < -0.4 is 10.6 Å². The zero-order valence-corrected chi connectivity index (χ0v) is 16.1. The molecule has 1 fully saturated rings. The lowest BCUT2D eigenvalue weighted by Crippen LogP contribution is -2.50. The quantitative estimate of drug-likeness (QED) is 0.863. The van der Waals surface area contributed by atoms with E-state index >= 15 is 0 Å². The molecule has 1 aliphatic heterocycles. The number of aryl methyl sites for hydroxylation is 2. The van der Waals surface area contributed by atoms with Crippen LogP contribution in [0.1, 0.15) is 44.7 Å². The van der Waals surface area contributed by atoms with Crippen LogP contribution in [-0.2, 0) is 9.59 Å². The zero-order valence-electron chi connectivity index (χ0n) is 16.1. The number of carbonyl (C=O) groups excluding carboxylic acids is 2. The number of likely N-dealkylation sites (tertiary alicyclic amines) is 1. The molecule has 25 heavy (non-hydrogen) atoms. The molecule has 0 radical (unpaired) electrons. The van der Waals surface area contributed by atoms with E-state index in [0.29, 0.717) is 0 Å². The summed E-state index contributed by atoms with van der Waals surface area (Å²) in [6.45, 7) is 11.3. The average Bonchev–Trinajstić information content (AvgIpc) is 2.58. The molecule has 1 atom stereocenters. The molecule has 0 aliphatic carbocycles. The predicted molar refractivity (Wildman–Crippen MR) is 102 cm³/mol. The second-order valence-electron chi connectivity index (χ2n) is 7.45. The molecule has 1 aliphatic rings. The van der Waals surface area contributed by atoms with Crippen molar-refractivity contribution < 1.29 is 9.59 Å².